The number of fused-ring (bicyclic) bond motifs is 7. The molecule has 0 amide bonds. The molecule has 13 rings (SSSR count). The molecule has 0 aliphatic carbocycles. The van der Waals surface area contributed by atoms with Gasteiger partial charge in [-0.2, -0.15) is 0 Å². The molecule has 0 aliphatic rings. The summed E-state index contributed by atoms with van der Waals surface area (Å²) in [4.78, 5) is 2.38. The molecule has 0 N–H and O–H groups in total. The van der Waals surface area contributed by atoms with E-state index in [1.54, 1.807) is 0 Å². The topological polar surface area (TPSA) is 21.3 Å². The number of para-hydroxylation sites is 5. The van der Waals surface area contributed by atoms with Gasteiger partial charge in [-0.15, -0.1) is 0 Å². The van der Waals surface area contributed by atoms with Gasteiger partial charge in [-0.1, -0.05) is 194 Å². The summed E-state index contributed by atoms with van der Waals surface area (Å²) in [6.07, 6.45) is 0. The Morgan fingerprint density at radius 1 is 0.299 bits per heavy atom. The van der Waals surface area contributed by atoms with Gasteiger partial charge in [-0.25, -0.2) is 0 Å². The Bertz CT molecular complexity index is 3910. The summed E-state index contributed by atoms with van der Waals surface area (Å²) in [5.74, 6) is 0. The van der Waals surface area contributed by atoms with E-state index < -0.39 is 0 Å². The van der Waals surface area contributed by atoms with Crippen LogP contribution in [0.3, 0.4) is 0 Å². The molecule has 0 unspecified atom stereocenters. The van der Waals surface area contributed by atoms with Crippen LogP contribution in [0, 0.1) is 0 Å². The van der Waals surface area contributed by atoms with Gasteiger partial charge in [0.25, 0.3) is 0 Å². The lowest BCUT2D eigenvalue weighted by atomic mass is 9.97. The maximum atomic E-state index is 6.39. The number of rotatable bonds is 8. The average Bonchev–Trinajstić information content (AvgIpc) is 3.95. The highest BCUT2D eigenvalue weighted by Crippen LogP contribution is 2.42. The number of nitrogens with zero attached hydrogens (tertiary/aromatic N) is 2. The molecule has 0 saturated heterocycles. The predicted molar refractivity (Wildman–Crippen MR) is 282 cm³/mol. The molecule has 13 aromatic rings. The van der Waals surface area contributed by atoms with Crippen LogP contribution in [0.5, 0.6) is 0 Å². The van der Waals surface area contributed by atoms with Crippen molar-refractivity contribution in [1.82, 2.24) is 4.57 Å². The van der Waals surface area contributed by atoms with Crippen LogP contribution >= 0.6 is 0 Å². The first-order chi connectivity index (χ1) is 33.2. The van der Waals surface area contributed by atoms with Crippen molar-refractivity contribution in [1.29, 1.82) is 0 Å². The van der Waals surface area contributed by atoms with Crippen LogP contribution in [-0.2, 0) is 0 Å². The highest BCUT2D eigenvalue weighted by molar-refractivity contribution is 6.11. The summed E-state index contributed by atoms with van der Waals surface area (Å²) in [5, 5.41) is 7.26. The third-order valence-electron chi connectivity index (χ3n) is 13.4. The van der Waals surface area contributed by atoms with Crippen molar-refractivity contribution in [2.75, 3.05) is 4.90 Å². The molecule has 0 spiro atoms. The molecular formula is C64H42N2O. The smallest absolute Gasteiger partial charge is 0.143 e. The summed E-state index contributed by atoms with van der Waals surface area (Å²) < 4.78 is 8.81. The van der Waals surface area contributed by atoms with Crippen molar-refractivity contribution in [3.63, 3.8) is 0 Å². The molecule has 0 fully saturated rings. The molecule has 2 aromatic heterocycles. The van der Waals surface area contributed by atoms with Crippen LogP contribution in [0.4, 0.5) is 17.1 Å². The molecule has 3 heteroatoms. The minimum Gasteiger partial charge on any atom is -0.455 e. The number of hydrogen-bond donors (Lipinski definition) is 0. The Morgan fingerprint density at radius 3 is 1.54 bits per heavy atom. The second-order valence-corrected chi connectivity index (χ2v) is 17.3. The van der Waals surface area contributed by atoms with Crippen LogP contribution in [0.15, 0.2) is 259 Å². The Labute approximate surface area is 388 Å². The first-order valence-electron chi connectivity index (χ1n) is 22.9. The molecule has 314 valence electrons. The molecule has 2 heterocycles. The van der Waals surface area contributed by atoms with Gasteiger partial charge in [0, 0.05) is 49.7 Å². The largest absolute Gasteiger partial charge is 0.455 e. The fraction of sp³-hybridized carbons (Fsp3) is 0. The Balaban J connectivity index is 0.896. The molecular weight excluding hydrogens is 813 g/mol. The molecule has 67 heavy (non-hydrogen) atoms. The number of benzene rings is 11. The summed E-state index contributed by atoms with van der Waals surface area (Å²) in [6.45, 7) is 0. The third kappa shape index (κ3) is 6.59. The molecule has 0 saturated carbocycles. The number of aromatic nitrogens is 1. The van der Waals surface area contributed by atoms with E-state index in [-0.39, 0.29) is 0 Å². The van der Waals surface area contributed by atoms with E-state index in [1.165, 1.54) is 43.7 Å². The number of anilines is 3. The maximum absolute atomic E-state index is 6.39. The van der Waals surface area contributed by atoms with Gasteiger partial charge in [0.1, 0.15) is 11.2 Å². The van der Waals surface area contributed by atoms with Gasteiger partial charge < -0.3 is 13.9 Å². The lowest BCUT2D eigenvalue weighted by molar-refractivity contribution is 0.670. The van der Waals surface area contributed by atoms with Crippen LogP contribution < -0.4 is 4.90 Å². The first-order valence-corrected chi connectivity index (χ1v) is 22.9. The van der Waals surface area contributed by atoms with Crippen LogP contribution in [0.1, 0.15) is 0 Å². The van der Waals surface area contributed by atoms with E-state index in [9.17, 15) is 0 Å². The van der Waals surface area contributed by atoms with Crippen LogP contribution in [0.25, 0.3) is 105 Å². The minimum absolute atomic E-state index is 0.910. The number of furan rings is 1. The van der Waals surface area contributed by atoms with Crippen molar-refractivity contribution in [3.8, 4) is 50.2 Å². The second-order valence-electron chi connectivity index (χ2n) is 17.3. The quantitative estimate of drug-likeness (QED) is 0.152. The average molecular weight is 855 g/mol. The van der Waals surface area contributed by atoms with Gasteiger partial charge in [-0.3, -0.25) is 0 Å². The fourth-order valence-electron chi connectivity index (χ4n) is 10.2. The second kappa shape index (κ2) is 16.0. The Kier molecular flexibility index (Phi) is 9.17. The summed E-state index contributed by atoms with van der Waals surface area (Å²) in [7, 11) is 0. The Morgan fingerprint density at radius 2 is 0.791 bits per heavy atom. The fourth-order valence-corrected chi connectivity index (χ4v) is 10.2. The highest BCUT2D eigenvalue weighted by Gasteiger charge is 2.19. The van der Waals surface area contributed by atoms with Crippen LogP contribution in [-0.4, -0.2) is 4.57 Å². The van der Waals surface area contributed by atoms with E-state index in [1.807, 2.05) is 12.1 Å². The van der Waals surface area contributed by atoms with Crippen molar-refractivity contribution in [2.45, 2.75) is 0 Å². The van der Waals surface area contributed by atoms with Gasteiger partial charge in [0.2, 0.25) is 0 Å². The zero-order valence-corrected chi connectivity index (χ0v) is 36.6. The summed E-state index contributed by atoms with van der Waals surface area (Å²) in [6, 6.07) is 91.9. The zero-order chi connectivity index (χ0) is 44.3. The van der Waals surface area contributed by atoms with Gasteiger partial charge in [0.15, 0.2) is 0 Å². The zero-order valence-electron chi connectivity index (χ0n) is 36.6. The van der Waals surface area contributed by atoms with Crippen LogP contribution in [0.2, 0.25) is 0 Å². The van der Waals surface area contributed by atoms with Gasteiger partial charge in [0.05, 0.1) is 16.7 Å². The van der Waals surface area contributed by atoms with E-state index in [0.29, 0.717) is 0 Å². The lowest BCUT2D eigenvalue weighted by Gasteiger charge is -2.27. The SMILES string of the molecule is c1cc(-c2ccccc2-n2c3ccccc3c3ccccc32)cc(N(c2ccc(-c3ccc(-c4cccc5c4oc4ccccc45)cc3)cc2)c2ccc(-c3cccc4ccccc34)cc2)c1. The van der Waals surface area contributed by atoms with Gasteiger partial charge >= 0.3 is 0 Å². The normalized spacial score (nSPS) is 11.6. The van der Waals surface area contributed by atoms with Crippen molar-refractivity contribution in [3.05, 3.63) is 255 Å². The molecule has 0 atom stereocenters. The van der Waals surface area contributed by atoms with Gasteiger partial charge in [-0.05, 0) is 105 Å². The first kappa shape index (κ1) is 38.5. The van der Waals surface area contributed by atoms with E-state index in [4.69, 9.17) is 4.42 Å². The van der Waals surface area contributed by atoms with Crippen molar-refractivity contribution < 1.29 is 4.42 Å². The molecule has 3 nitrogen and oxygen atoms in total. The maximum Gasteiger partial charge on any atom is 0.143 e. The van der Waals surface area contributed by atoms with E-state index in [2.05, 4.69) is 252 Å². The molecule has 0 aliphatic heterocycles. The standard InChI is InChI=1S/C64H42N2O/c1-2-18-52-45(14-1)15-12-23-53(52)46-36-40-50(41-37-46)65(49-38-34-44(35-39-49)43-30-32-47(33-31-43)55-24-13-25-59-58-22-6-10-29-63(58)67-64(55)59)51-17-11-16-48(42-51)54-19-3-7-26-60(54)66-61-27-8-4-20-56(61)57-21-5-9-28-62(57)66/h1-42H. The molecule has 0 radical (unpaired) electrons. The highest BCUT2D eigenvalue weighted by atomic mass is 16.3. The predicted octanol–water partition coefficient (Wildman–Crippen LogP) is 18.0. The monoisotopic (exact) mass is 854 g/mol. The summed E-state index contributed by atoms with van der Waals surface area (Å²) in [5.41, 5.74) is 17.8. The minimum atomic E-state index is 0.910. The third-order valence-corrected chi connectivity index (χ3v) is 13.4. The van der Waals surface area contributed by atoms with Crippen molar-refractivity contribution in [2.24, 2.45) is 0 Å². The summed E-state index contributed by atoms with van der Waals surface area (Å²) >= 11 is 0. The molecule has 11 aromatic carbocycles. The van der Waals surface area contributed by atoms with E-state index in [0.717, 1.165) is 78.1 Å². The number of hydrogen-bond acceptors (Lipinski definition) is 2. The molecule has 0 bridgehead atoms. The lowest BCUT2D eigenvalue weighted by Crippen LogP contribution is -2.10. The van der Waals surface area contributed by atoms with E-state index >= 15 is 0 Å². The Hall–Kier alpha value is -8.92. The van der Waals surface area contributed by atoms with Crippen molar-refractivity contribution >= 4 is 71.6 Å².